The first-order valence-corrected chi connectivity index (χ1v) is 10.1. The number of rotatable bonds is 3. The molecule has 0 aromatic carbocycles. The number of aryl methyl sites for hydroxylation is 1. The number of fused-ring (bicyclic) bond motifs is 2. The Morgan fingerprint density at radius 3 is 2.74 bits per heavy atom. The fraction of sp³-hybridized carbons (Fsp3) is 0.300. The van der Waals surface area contributed by atoms with Gasteiger partial charge >= 0.3 is 0 Å². The first kappa shape index (κ1) is 19.0. The zero-order valence-electron chi connectivity index (χ0n) is 16.9. The third-order valence-electron chi connectivity index (χ3n) is 5.56. The Hall–Kier alpha value is -4.02. The molecular formula is C20H21N9O2. The van der Waals surface area contributed by atoms with Crippen molar-refractivity contribution in [2.75, 3.05) is 18.0 Å². The molecule has 4 aromatic heterocycles. The second kappa shape index (κ2) is 7.67. The minimum Gasteiger partial charge on any atom is -0.355 e. The third kappa shape index (κ3) is 3.54. The summed E-state index contributed by atoms with van der Waals surface area (Å²) < 4.78 is 3.33. The van der Waals surface area contributed by atoms with Crippen LogP contribution >= 0.6 is 0 Å². The highest BCUT2D eigenvalue weighted by molar-refractivity contribution is 5.96. The summed E-state index contributed by atoms with van der Waals surface area (Å²) in [5, 5.41) is 12.3. The van der Waals surface area contributed by atoms with Gasteiger partial charge in [-0.2, -0.15) is 4.52 Å². The summed E-state index contributed by atoms with van der Waals surface area (Å²) in [6.45, 7) is 3.16. The monoisotopic (exact) mass is 419 g/mol. The summed E-state index contributed by atoms with van der Waals surface area (Å²) in [4.78, 5) is 31.7. The number of imidazole rings is 1. The van der Waals surface area contributed by atoms with Crippen LogP contribution in [0.2, 0.25) is 0 Å². The summed E-state index contributed by atoms with van der Waals surface area (Å²) in [6, 6.07) is 9.28. The quantitative estimate of drug-likeness (QED) is 0.470. The second-order valence-electron chi connectivity index (χ2n) is 7.50. The normalized spacial score (nSPS) is 14.8. The highest BCUT2D eigenvalue weighted by Crippen LogP contribution is 2.22. The predicted octanol–water partition coefficient (Wildman–Crippen LogP) is 0.758. The average molecular weight is 419 g/mol. The van der Waals surface area contributed by atoms with E-state index in [9.17, 15) is 9.59 Å². The van der Waals surface area contributed by atoms with Crippen LogP contribution in [-0.2, 0) is 4.79 Å². The Bertz CT molecular complexity index is 1270. The molecule has 1 fully saturated rings. The van der Waals surface area contributed by atoms with Gasteiger partial charge in [-0.25, -0.2) is 4.98 Å². The molecular weight excluding hydrogens is 398 g/mol. The average Bonchev–Trinajstić information content (AvgIpc) is 3.40. The second-order valence-corrected chi connectivity index (χ2v) is 7.50. The van der Waals surface area contributed by atoms with E-state index in [-0.39, 0.29) is 11.8 Å². The van der Waals surface area contributed by atoms with Gasteiger partial charge in [-0.15, -0.1) is 15.3 Å². The van der Waals surface area contributed by atoms with Gasteiger partial charge in [0.2, 0.25) is 5.91 Å². The maximum atomic E-state index is 12.6. The number of carbonyl (C=O) groups is 2. The van der Waals surface area contributed by atoms with Gasteiger partial charge in [0.05, 0.1) is 5.69 Å². The zero-order valence-corrected chi connectivity index (χ0v) is 16.9. The number of amides is 2. The maximum absolute atomic E-state index is 12.6. The number of anilines is 1. The first-order valence-electron chi connectivity index (χ1n) is 10.1. The van der Waals surface area contributed by atoms with Crippen LogP contribution < -0.4 is 15.8 Å². The van der Waals surface area contributed by atoms with E-state index in [2.05, 4.69) is 36.0 Å². The number of hydrogen-bond acceptors (Lipinski definition) is 7. The molecule has 5 heterocycles. The molecule has 0 unspecified atom stereocenters. The van der Waals surface area contributed by atoms with Gasteiger partial charge in [-0.05, 0) is 44.0 Å². The molecule has 11 nitrogen and oxygen atoms in total. The van der Waals surface area contributed by atoms with Gasteiger partial charge in [-0.1, -0.05) is 6.07 Å². The van der Waals surface area contributed by atoms with Crippen LogP contribution in [0.25, 0.3) is 11.3 Å². The molecule has 2 amide bonds. The molecule has 11 heteroatoms. The Balaban J connectivity index is 1.18. The van der Waals surface area contributed by atoms with E-state index in [0.29, 0.717) is 48.6 Å². The van der Waals surface area contributed by atoms with Crippen molar-refractivity contribution in [2.45, 2.75) is 19.8 Å². The van der Waals surface area contributed by atoms with E-state index in [0.717, 1.165) is 5.82 Å². The van der Waals surface area contributed by atoms with Gasteiger partial charge in [0.25, 0.3) is 5.91 Å². The lowest BCUT2D eigenvalue weighted by Gasteiger charge is -2.31. The number of hydrogen-bond donors (Lipinski definition) is 2. The predicted molar refractivity (Wildman–Crippen MR) is 111 cm³/mol. The summed E-state index contributed by atoms with van der Waals surface area (Å²) >= 11 is 0. The van der Waals surface area contributed by atoms with Crippen molar-refractivity contribution in [3.8, 4) is 0 Å². The van der Waals surface area contributed by atoms with Crippen molar-refractivity contribution in [2.24, 2.45) is 5.92 Å². The number of nitrogens with one attached hydrogen (secondary N) is 2. The number of aromatic nitrogens is 6. The summed E-state index contributed by atoms with van der Waals surface area (Å²) in [6.07, 6.45) is 4.66. The van der Waals surface area contributed by atoms with Crippen molar-refractivity contribution in [1.82, 2.24) is 40.0 Å². The topological polar surface area (TPSA) is 122 Å². The van der Waals surface area contributed by atoms with Gasteiger partial charge in [0.15, 0.2) is 5.65 Å². The molecule has 4 aromatic rings. The lowest BCUT2D eigenvalue weighted by atomic mass is 9.96. The standard InChI is InChI=1S/C20H21N9O2/c1-13-18(28-9-3-2-4-15(28)22-13)20(31)25-24-19(30)14-7-10-27(11-8-14)17-6-5-16-23-21-12-29(16)26-17/h2-6,9,12,14H,7-8,10-11H2,1H3,(H,24,30)(H,25,31). The van der Waals surface area contributed by atoms with Crippen molar-refractivity contribution in [1.29, 1.82) is 0 Å². The SMILES string of the molecule is Cc1nc2ccccn2c1C(=O)NNC(=O)C1CCN(c2ccc3nncn3n2)CC1. The molecule has 0 spiro atoms. The summed E-state index contributed by atoms with van der Waals surface area (Å²) in [7, 11) is 0. The van der Waals surface area contributed by atoms with Crippen molar-refractivity contribution < 1.29 is 9.59 Å². The molecule has 0 saturated carbocycles. The third-order valence-corrected chi connectivity index (χ3v) is 5.56. The van der Waals surface area contributed by atoms with E-state index >= 15 is 0 Å². The fourth-order valence-electron chi connectivity index (χ4n) is 3.92. The molecule has 2 N–H and O–H groups in total. The van der Waals surface area contributed by atoms with Gasteiger partial charge in [0, 0.05) is 25.2 Å². The van der Waals surface area contributed by atoms with E-state index in [1.165, 1.54) is 0 Å². The smallest absolute Gasteiger partial charge is 0.288 e. The fourth-order valence-corrected chi connectivity index (χ4v) is 3.92. The number of piperidine rings is 1. The Kier molecular flexibility index (Phi) is 4.69. The Morgan fingerprint density at radius 1 is 1.06 bits per heavy atom. The minimum absolute atomic E-state index is 0.182. The molecule has 0 bridgehead atoms. The minimum atomic E-state index is -0.395. The van der Waals surface area contributed by atoms with Gasteiger partial charge in [-0.3, -0.25) is 24.8 Å². The Morgan fingerprint density at radius 2 is 1.90 bits per heavy atom. The molecule has 5 rings (SSSR count). The van der Waals surface area contributed by atoms with Crippen LogP contribution in [-0.4, -0.2) is 54.1 Å². The van der Waals surface area contributed by atoms with Crippen LogP contribution in [0.4, 0.5) is 5.82 Å². The van der Waals surface area contributed by atoms with E-state index in [4.69, 9.17) is 0 Å². The lowest BCUT2D eigenvalue weighted by molar-refractivity contribution is -0.126. The molecule has 1 saturated heterocycles. The lowest BCUT2D eigenvalue weighted by Crippen LogP contribution is -2.47. The zero-order chi connectivity index (χ0) is 21.4. The van der Waals surface area contributed by atoms with Crippen molar-refractivity contribution >= 4 is 28.9 Å². The first-order chi connectivity index (χ1) is 15.1. The van der Waals surface area contributed by atoms with Gasteiger partial charge < -0.3 is 4.90 Å². The summed E-state index contributed by atoms with van der Waals surface area (Å²) in [5.41, 5.74) is 7.48. The van der Waals surface area contributed by atoms with Crippen LogP contribution in [0.3, 0.4) is 0 Å². The van der Waals surface area contributed by atoms with E-state index in [1.54, 1.807) is 28.4 Å². The van der Waals surface area contributed by atoms with E-state index in [1.807, 2.05) is 30.3 Å². The van der Waals surface area contributed by atoms with Crippen LogP contribution in [0.5, 0.6) is 0 Å². The van der Waals surface area contributed by atoms with Crippen LogP contribution in [0.1, 0.15) is 29.0 Å². The van der Waals surface area contributed by atoms with Crippen LogP contribution in [0.15, 0.2) is 42.9 Å². The molecule has 158 valence electrons. The van der Waals surface area contributed by atoms with E-state index < -0.39 is 5.91 Å². The molecule has 31 heavy (non-hydrogen) atoms. The molecule has 1 aliphatic heterocycles. The largest absolute Gasteiger partial charge is 0.355 e. The van der Waals surface area contributed by atoms with Gasteiger partial charge in [0.1, 0.15) is 23.5 Å². The Labute approximate surface area is 177 Å². The highest BCUT2D eigenvalue weighted by Gasteiger charge is 2.26. The highest BCUT2D eigenvalue weighted by atomic mass is 16.2. The molecule has 0 radical (unpaired) electrons. The maximum Gasteiger partial charge on any atom is 0.288 e. The number of hydrazine groups is 1. The number of nitrogens with zero attached hydrogens (tertiary/aromatic N) is 7. The molecule has 0 atom stereocenters. The number of pyridine rings is 1. The van der Waals surface area contributed by atoms with Crippen molar-refractivity contribution in [3.05, 3.63) is 54.2 Å². The van der Waals surface area contributed by atoms with Crippen LogP contribution in [0, 0.1) is 12.8 Å². The summed E-state index contributed by atoms with van der Waals surface area (Å²) in [5.74, 6) is 0.0520. The number of carbonyl (C=O) groups excluding carboxylic acids is 2. The van der Waals surface area contributed by atoms with Crippen molar-refractivity contribution in [3.63, 3.8) is 0 Å². The molecule has 1 aliphatic rings. The molecule has 0 aliphatic carbocycles.